The van der Waals surface area contributed by atoms with Gasteiger partial charge in [0.1, 0.15) is 11.6 Å². The topological polar surface area (TPSA) is 86.3 Å². The standard InChI is InChI=1S/C21H23N7O/c1-16(29)24-17-5-4-6-18(15-17)25-21-23-10-8-20(26-21)28-13-11-27(12-14-28)19-7-2-3-9-22-19/h2-10,15H,11-14H2,1H3,(H,24,29)(H,23,25,26). The Labute approximate surface area is 169 Å². The molecule has 0 saturated carbocycles. The van der Waals surface area contributed by atoms with E-state index in [2.05, 4.69) is 35.4 Å². The molecule has 148 valence electrons. The van der Waals surface area contributed by atoms with Gasteiger partial charge in [0.05, 0.1) is 0 Å². The van der Waals surface area contributed by atoms with E-state index in [0.29, 0.717) is 5.95 Å². The number of carbonyl (C=O) groups excluding carboxylic acids is 1. The highest BCUT2D eigenvalue weighted by Gasteiger charge is 2.19. The Kier molecular flexibility index (Phi) is 5.51. The van der Waals surface area contributed by atoms with Crippen molar-refractivity contribution in [2.24, 2.45) is 0 Å². The molecule has 2 N–H and O–H groups in total. The Hall–Kier alpha value is -3.68. The normalized spacial score (nSPS) is 13.8. The Bertz CT molecular complexity index is 972. The lowest BCUT2D eigenvalue weighted by molar-refractivity contribution is -0.114. The molecule has 29 heavy (non-hydrogen) atoms. The number of carbonyl (C=O) groups is 1. The van der Waals surface area contributed by atoms with Gasteiger partial charge in [0.25, 0.3) is 0 Å². The van der Waals surface area contributed by atoms with E-state index >= 15 is 0 Å². The van der Waals surface area contributed by atoms with Crippen LogP contribution in [0.15, 0.2) is 60.9 Å². The number of aromatic nitrogens is 3. The Morgan fingerprint density at radius 1 is 0.862 bits per heavy atom. The maximum absolute atomic E-state index is 11.2. The third kappa shape index (κ3) is 4.78. The first-order valence-electron chi connectivity index (χ1n) is 9.56. The van der Waals surface area contributed by atoms with Gasteiger partial charge in [-0.15, -0.1) is 0 Å². The fourth-order valence-electron chi connectivity index (χ4n) is 3.30. The van der Waals surface area contributed by atoms with Crippen LogP contribution in [-0.2, 0) is 4.79 Å². The summed E-state index contributed by atoms with van der Waals surface area (Å²) in [5.74, 6) is 2.32. The summed E-state index contributed by atoms with van der Waals surface area (Å²) in [6.45, 7) is 5.00. The molecule has 1 fully saturated rings. The number of nitrogens with zero attached hydrogens (tertiary/aromatic N) is 5. The zero-order valence-electron chi connectivity index (χ0n) is 16.2. The van der Waals surface area contributed by atoms with Crippen molar-refractivity contribution in [3.05, 3.63) is 60.9 Å². The molecule has 0 spiro atoms. The highest BCUT2D eigenvalue weighted by Crippen LogP contribution is 2.21. The van der Waals surface area contributed by atoms with Crippen molar-refractivity contribution in [1.82, 2.24) is 15.0 Å². The molecule has 8 heteroatoms. The molecule has 2 aromatic heterocycles. The van der Waals surface area contributed by atoms with Gasteiger partial charge in [-0.05, 0) is 36.4 Å². The van der Waals surface area contributed by atoms with Gasteiger partial charge < -0.3 is 20.4 Å². The zero-order chi connectivity index (χ0) is 20.1. The van der Waals surface area contributed by atoms with Gasteiger partial charge in [0, 0.05) is 56.9 Å². The van der Waals surface area contributed by atoms with Crippen molar-refractivity contribution in [2.45, 2.75) is 6.92 Å². The minimum absolute atomic E-state index is 0.106. The van der Waals surface area contributed by atoms with E-state index in [4.69, 9.17) is 0 Å². The first kappa shape index (κ1) is 18.7. The van der Waals surface area contributed by atoms with Crippen LogP contribution in [0.5, 0.6) is 0 Å². The smallest absolute Gasteiger partial charge is 0.229 e. The number of hydrogen-bond donors (Lipinski definition) is 2. The molecular formula is C21H23N7O. The van der Waals surface area contributed by atoms with Crippen LogP contribution in [0.4, 0.5) is 29.0 Å². The Morgan fingerprint density at radius 2 is 1.62 bits per heavy atom. The number of hydrogen-bond acceptors (Lipinski definition) is 7. The second kappa shape index (κ2) is 8.55. The first-order chi connectivity index (χ1) is 14.2. The number of anilines is 5. The van der Waals surface area contributed by atoms with Gasteiger partial charge in [-0.1, -0.05) is 12.1 Å². The number of rotatable bonds is 5. The maximum Gasteiger partial charge on any atom is 0.229 e. The molecule has 8 nitrogen and oxygen atoms in total. The van der Waals surface area contributed by atoms with Crippen LogP contribution in [0.2, 0.25) is 0 Å². The molecule has 0 unspecified atom stereocenters. The lowest BCUT2D eigenvalue weighted by Gasteiger charge is -2.36. The molecule has 4 rings (SSSR count). The van der Waals surface area contributed by atoms with Crippen molar-refractivity contribution >= 4 is 34.9 Å². The van der Waals surface area contributed by atoms with E-state index < -0.39 is 0 Å². The molecule has 1 aliphatic heterocycles. The van der Waals surface area contributed by atoms with Crippen molar-refractivity contribution < 1.29 is 4.79 Å². The highest BCUT2D eigenvalue weighted by molar-refractivity contribution is 5.89. The van der Waals surface area contributed by atoms with Crippen LogP contribution in [0, 0.1) is 0 Å². The predicted molar refractivity (Wildman–Crippen MR) is 115 cm³/mol. The first-order valence-corrected chi connectivity index (χ1v) is 9.56. The summed E-state index contributed by atoms with van der Waals surface area (Å²) in [6.07, 6.45) is 3.58. The van der Waals surface area contributed by atoms with Crippen molar-refractivity contribution in [3.8, 4) is 0 Å². The van der Waals surface area contributed by atoms with E-state index in [1.165, 1.54) is 6.92 Å². The van der Waals surface area contributed by atoms with E-state index in [1.807, 2.05) is 54.7 Å². The lowest BCUT2D eigenvalue weighted by Crippen LogP contribution is -2.47. The Morgan fingerprint density at radius 3 is 2.34 bits per heavy atom. The summed E-state index contributed by atoms with van der Waals surface area (Å²) in [5.41, 5.74) is 1.54. The minimum atomic E-state index is -0.106. The lowest BCUT2D eigenvalue weighted by atomic mass is 10.2. The molecule has 1 saturated heterocycles. The minimum Gasteiger partial charge on any atom is -0.353 e. The van der Waals surface area contributed by atoms with E-state index in [-0.39, 0.29) is 5.91 Å². The number of piperazine rings is 1. The third-order valence-electron chi connectivity index (χ3n) is 4.66. The average Bonchev–Trinajstić information content (AvgIpc) is 2.74. The molecule has 0 aliphatic carbocycles. The SMILES string of the molecule is CC(=O)Nc1cccc(Nc2nccc(N3CCN(c4ccccn4)CC3)n2)c1. The summed E-state index contributed by atoms with van der Waals surface area (Å²) in [6, 6.07) is 15.4. The summed E-state index contributed by atoms with van der Waals surface area (Å²) in [7, 11) is 0. The van der Waals surface area contributed by atoms with Gasteiger partial charge in [-0.3, -0.25) is 4.79 Å². The largest absolute Gasteiger partial charge is 0.353 e. The van der Waals surface area contributed by atoms with Crippen molar-refractivity contribution in [1.29, 1.82) is 0 Å². The third-order valence-corrected chi connectivity index (χ3v) is 4.66. The van der Waals surface area contributed by atoms with Crippen LogP contribution in [0.25, 0.3) is 0 Å². The van der Waals surface area contributed by atoms with Gasteiger partial charge in [-0.2, -0.15) is 4.98 Å². The molecule has 3 heterocycles. The monoisotopic (exact) mass is 389 g/mol. The fourth-order valence-corrected chi connectivity index (χ4v) is 3.30. The van der Waals surface area contributed by atoms with E-state index in [0.717, 1.165) is 49.2 Å². The summed E-state index contributed by atoms with van der Waals surface area (Å²) in [5, 5.41) is 5.98. The summed E-state index contributed by atoms with van der Waals surface area (Å²) in [4.78, 5) is 29.2. The van der Waals surface area contributed by atoms with Gasteiger partial charge in [-0.25, -0.2) is 9.97 Å². The number of benzene rings is 1. The van der Waals surface area contributed by atoms with Crippen LogP contribution in [0.1, 0.15) is 6.92 Å². The fraction of sp³-hybridized carbons (Fsp3) is 0.238. The van der Waals surface area contributed by atoms with Crippen molar-refractivity contribution in [2.75, 3.05) is 46.6 Å². The highest BCUT2D eigenvalue weighted by atomic mass is 16.1. The van der Waals surface area contributed by atoms with E-state index in [1.54, 1.807) is 6.20 Å². The Balaban J connectivity index is 1.41. The van der Waals surface area contributed by atoms with Crippen LogP contribution in [-0.4, -0.2) is 47.0 Å². The zero-order valence-corrected chi connectivity index (χ0v) is 16.2. The van der Waals surface area contributed by atoms with Gasteiger partial charge >= 0.3 is 0 Å². The van der Waals surface area contributed by atoms with Gasteiger partial charge in [0.2, 0.25) is 11.9 Å². The molecule has 1 amide bonds. The second-order valence-corrected chi connectivity index (χ2v) is 6.79. The summed E-state index contributed by atoms with van der Waals surface area (Å²) >= 11 is 0. The quantitative estimate of drug-likeness (QED) is 0.694. The maximum atomic E-state index is 11.2. The second-order valence-electron chi connectivity index (χ2n) is 6.79. The molecular weight excluding hydrogens is 366 g/mol. The molecule has 0 bridgehead atoms. The number of amides is 1. The van der Waals surface area contributed by atoms with Crippen LogP contribution < -0.4 is 20.4 Å². The molecule has 3 aromatic rings. The molecule has 0 radical (unpaired) electrons. The van der Waals surface area contributed by atoms with Crippen LogP contribution in [0.3, 0.4) is 0 Å². The van der Waals surface area contributed by atoms with Crippen LogP contribution >= 0.6 is 0 Å². The van der Waals surface area contributed by atoms with E-state index in [9.17, 15) is 4.79 Å². The summed E-state index contributed by atoms with van der Waals surface area (Å²) < 4.78 is 0. The average molecular weight is 389 g/mol. The predicted octanol–water partition coefficient (Wildman–Crippen LogP) is 2.90. The molecule has 1 aliphatic rings. The molecule has 1 aromatic carbocycles. The van der Waals surface area contributed by atoms with Crippen molar-refractivity contribution in [3.63, 3.8) is 0 Å². The number of pyridine rings is 1. The molecule has 0 atom stereocenters. The number of nitrogens with one attached hydrogen (secondary N) is 2. The van der Waals surface area contributed by atoms with Gasteiger partial charge in [0.15, 0.2) is 0 Å².